The third kappa shape index (κ3) is 2.78. The van der Waals surface area contributed by atoms with Gasteiger partial charge in [0.1, 0.15) is 11.5 Å². The highest BCUT2D eigenvalue weighted by molar-refractivity contribution is 6.32. The van der Waals surface area contributed by atoms with Gasteiger partial charge in [-0.1, -0.05) is 35.3 Å². The zero-order valence-electron chi connectivity index (χ0n) is 9.78. The Kier molecular flexibility index (Phi) is 4.12. The van der Waals surface area contributed by atoms with Crippen LogP contribution in [0.5, 0.6) is 11.5 Å². The molecule has 2 aromatic carbocycles. The highest BCUT2D eigenvalue weighted by Crippen LogP contribution is 2.34. The van der Waals surface area contributed by atoms with Gasteiger partial charge in [0.05, 0.1) is 11.6 Å². The molecule has 0 radical (unpaired) electrons. The van der Waals surface area contributed by atoms with E-state index in [1.165, 1.54) is 0 Å². The van der Waals surface area contributed by atoms with Crippen molar-refractivity contribution in [2.45, 2.75) is 13.5 Å². The Morgan fingerprint density at radius 1 is 1.06 bits per heavy atom. The van der Waals surface area contributed by atoms with Crippen LogP contribution in [0.3, 0.4) is 0 Å². The molecule has 2 nitrogen and oxygen atoms in total. The quantitative estimate of drug-likeness (QED) is 0.893. The number of aryl methyl sites for hydroxylation is 1. The van der Waals surface area contributed by atoms with Crippen molar-refractivity contribution in [3.8, 4) is 11.5 Å². The van der Waals surface area contributed by atoms with E-state index in [1.54, 1.807) is 24.3 Å². The summed E-state index contributed by atoms with van der Waals surface area (Å²) in [5.41, 5.74) is 1.60. The third-order valence-corrected chi connectivity index (χ3v) is 3.21. The van der Waals surface area contributed by atoms with Gasteiger partial charge in [-0.3, -0.25) is 0 Å². The van der Waals surface area contributed by atoms with E-state index in [9.17, 15) is 5.11 Å². The van der Waals surface area contributed by atoms with Gasteiger partial charge >= 0.3 is 0 Å². The maximum atomic E-state index is 9.30. The van der Waals surface area contributed by atoms with Gasteiger partial charge in [-0.05, 0) is 36.8 Å². The average molecular weight is 283 g/mol. The van der Waals surface area contributed by atoms with Gasteiger partial charge < -0.3 is 9.84 Å². The molecule has 0 aliphatic carbocycles. The lowest BCUT2D eigenvalue weighted by atomic mass is 10.2. The van der Waals surface area contributed by atoms with Crippen LogP contribution in [-0.2, 0) is 6.61 Å². The molecule has 0 aliphatic heterocycles. The van der Waals surface area contributed by atoms with Crippen LogP contribution in [0.4, 0.5) is 0 Å². The van der Waals surface area contributed by atoms with Crippen molar-refractivity contribution in [2.24, 2.45) is 0 Å². The fraction of sp³-hybridized carbons (Fsp3) is 0.143. The lowest BCUT2D eigenvalue weighted by Crippen LogP contribution is -1.93. The molecule has 0 saturated carbocycles. The van der Waals surface area contributed by atoms with Gasteiger partial charge in [0.25, 0.3) is 0 Å². The first-order valence-electron chi connectivity index (χ1n) is 5.44. The molecule has 0 spiro atoms. The molecule has 0 heterocycles. The molecular formula is C14H12Cl2O2. The van der Waals surface area contributed by atoms with Crippen molar-refractivity contribution in [1.82, 2.24) is 0 Å². The minimum Gasteiger partial charge on any atom is -0.455 e. The van der Waals surface area contributed by atoms with E-state index in [-0.39, 0.29) is 6.61 Å². The Morgan fingerprint density at radius 2 is 1.83 bits per heavy atom. The summed E-state index contributed by atoms with van der Waals surface area (Å²) in [6.45, 7) is 1.77. The van der Waals surface area contributed by atoms with E-state index in [2.05, 4.69) is 0 Å². The van der Waals surface area contributed by atoms with Crippen molar-refractivity contribution in [2.75, 3.05) is 0 Å². The maximum absolute atomic E-state index is 9.30. The first-order chi connectivity index (χ1) is 8.61. The van der Waals surface area contributed by atoms with Gasteiger partial charge in [0.15, 0.2) is 0 Å². The van der Waals surface area contributed by atoms with E-state index in [1.807, 2.05) is 19.1 Å². The van der Waals surface area contributed by atoms with Crippen LogP contribution in [0, 0.1) is 6.92 Å². The summed E-state index contributed by atoms with van der Waals surface area (Å²) >= 11 is 12.1. The SMILES string of the molecule is Cc1ccc(Cl)c(Oc2cccc(Cl)c2CO)c1. The zero-order chi connectivity index (χ0) is 13.1. The Morgan fingerprint density at radius 3 is 2.56 bits per heavy atom. The van der Waals surface area contributed by atoms with Gasteiger partial charge in [-0.15, -0.1) is 0 Å². The predicted molar refractivity (Wildman–Crippen MR) is 73.6 cm³/mol. The number of aliphatic hydroxyl groups is 1. The van der Waals surface area contributed by atoms with E-state index in [0.29, 0.717) is 27.1 Å². The first-order valence-corrected chi connectivity index (χ1v) is 6.19. The molecule has 1 N–H and O–H groups in total. The molecule has 0 aliphatic rings. The number of benzene rings is 2. The summed E-state index contributed by atoms with van der Waals surface area (Å²) in [7, 11) is 0. The Bertz CT molecular complexity index is 568. The van der Waals surface area contributed by atoms with Crippen LogP contribution in [0.25, 0.3) is 0 Å². The number of halogens is 2. The number of hydrogen-bond acceptors (Lipinski definition) is 2. The molecule has 2 aromatic rings. The van der Waals surface area contributed by atoms with Crippen molar-refractivity contribution in [1.29, 1.82) is 0 Å². The average Bonchev–Trinajstić information content (AvgIpc) is 2.34. The van der Waals surface area contributed by atoms with E-state index in [0.717, 1.165) is 5.56 Å². The van der Waals surface area contributed by atoms with Crippen molar-refractivity contribution in [3.63, 3.8) is 0 Å². The molecule has 18 heavy (non-hydrogen) atoms. The Hall–Kier alpha value is -1.22. The summed E-state index contributed by atoms with van der Waals surface area (Å²) in [6, 6.07) is 10.7. The van der Waals surface area contributed by atoms with Crippen molar-refractivity contribution >= 4 is 23.2 Å². The predicted octanol–water partition coefficient (Wildman–Crippen LogP) is 4.59. The van der Waals surface area contributed by atoms with Crippen LogP contribution in [-0.4, -0.2) is 5.11 Å². The third-order valence-electron chi connectivity index (χ3n) is 2.54. The second kappa shape index (κ2) is 5.61. The first kappa shape index (κ1) is 13.2. The van der Waals surface area contributed by atoms with Crippen LogP contribution in [0.15, 0.2) is 36.4 Å². The normalized spacial score (nSPS) is 10.4. The minimum atomic E-state index is -0.182. The molecule has 94 valence electrons. The fourth-order valence-electron chi connectivity index (χ4n) is 1.60. The van der Waals surface area contributed by atoms with E-state index in [4.69, 9.17) is 27.9 Å². The molecule has 4 heteroatoms. The smallest absolute Gasteiger partial charge is 0.146 e. The van der Waals surface area contributed by atoms with Gasteiger partial charge in [0.2, 0.25) is 0 Å². The standard InChI is InChI=1S/C14H12Cl2O2/c1-9-5-6-12(16)14(7-9)18-13-4-2-3-11(15)10(13)8-17/h2-7,17H,8H2,1H3. The topological polar surface area (TPSA) is 29.5 Å². The summed E-state index contributed by atoms with van der Waals surface area (Å²) in [5, 5.41) is 10.3. The summed E-state index contributed by atoms with van der Waals surface area (Å²) in [6.07, 6.45) is 0. The highest BCUT2D eigenvalue weighted by Gasteiger charge is 2.10. The van der Waals surface area contributed by atoms with Crippen LogP contribution >= 0.6 is 23.2 Å². The fourth-order valence-corrected chi connectivity index (χ4v) is 1.98. The van der Waals surface area contributed by atoms with E-state index < -0.39 is 0 Å². The Labute approximate surface area is 116 Å². The van der Waals surface area contributed by atoms with Gasteiger partial charge in [0, 0.05) is 10.6 Å². The number of rotatable bonds is 3. The van der Waals surface area contributed by atoms with Gasteiger partial charge in [-0.25, -0.2) is 0 Å². The zero-order valence-corrected chi connectivity index (χ0v) is 11.3. The summed E-state index contributed by atoms with van der Waals surface area (Å²) in [5.74, 6) is 1.06. The lowest BCUT2D eigenvalue weighted by Gasteiger charge is -2.12. The monoisotopic (exact) mass is 282 g/mol. The molecule has 0 amide bonds. The second-order valence-electron chi connectivity index (χ2n) is 3.91. The van der Waals surface area contributed by atoms with Crippen molar-refractivity contribution < 1.29 is 9.84 Å². The summed E-state index contributed by atoms with van der Waals surface area (Å²) in [4.78, 5) is 0. The van der Waals surface area contributed by atoms with Crippen LogP contribution < -0.4 is 4.74 Å². The minimum absolute atomic E-state index is 0.182. The highest BCUT2D eigenvalue weighted by atomic mass is 35.5. The molecule has 0 unspecified atom stereocenters. The summed E-state index contributed by atoms with van der Waals surface area (Å²) < 4.78 is 5.72. The molecule has 0 saturated heterocycles. The lowest BCUT2D eigenvalue weighted by molar-refractivity contribution is 0.276. The molecule has 0 bridgehead atoms. The van der Waals surface area contributed by atoms with E-state index >= 15 is 0 Å². The molecule has 0 atom stereocenters. The number of ether oxygens (including phenoxy) is 1. The Balaban J connectivity index is 2.40. The molecule has 2 rings (SSSR count). The molecule has 0 aromatic heterocycles. The van der Waals surface area contributed by atoms with Crippen LogP contribution in [0.2, 0.25) is 10.0 Å². The van der Waals surface area contributed by atoms with Crippen LogP contribution in [0.1, 0.15) is 11.1 Å². The second-order valence-corrected chi connectivity index (χ2v) is 4.72. The van der Waals surface area contributed by atoms with Crippen molar-refractivity contribution in [3.05, 3.63) is 57.6 Å². The number of aliphatic hydroxyl groups excluding tert-OH is 1. The number of hydrogen-bond donors (Lipinski definition) is 1. The maximum Gasteiger partial charge on any atom is 0.146 e. The largest absolute Gasteiger partial charge is 0.455 e. The molecular weight excluding hydrogens is 271 g/mol. The molecule has 0 fully saturated rings. The van der Waals surface area contributed by atoms with Gasteiger partial charge in [-0.2, -0.15) is 0 Å².